The molecule has 0 unspecified atom stereocenters. The van der Waals surface area contributed by atoms with Gasteiger partial charge in [-0.15, -0.1) is 0 Å². The number of ether oxygens (including phenoxy) is 1. The van der Waals surface area contributed by atoms with Crippen molar-refractivity contribution in [2.45, 2.75) is 0 Å². The van der Waals surface area contributed by atoms with Gasteiger partial charge in [-0.3, -0.25) is 14.9 Å². The zero-order valence-corrected chi connectivity index (χ0v) is 12.6. The van der Waals surface area contributed by atoms with Crippen LogP contribution in [0.3, 0.4) is 0 Å². The van der Waals surface area contributed by atoms with Gasteiger partial charge in [-0.2, -0.15) is 0 Å². The zero-order valence-electron chi connectivity index (χ0n) is 11.0. The van der Waals surface area contributed by atoms with E-state index in [2.05, 4.69) is 21.2 Å². The van der Waals surface area contributed by atoms with E-state index >= 15 is 0 Å². The maximum atomic E-state index is 11.6. The highest BCUT2D eigenvalue weighted by Crippen LogP contribution is 2.32. The molecule has 1 N–H and O–H groups in total. The molecule has 0 spiro atoms. The summed E-state index contributed by atoms with van der Waals surface area (Å²) >= 11 is 3.29. The van der Waals surface area contributed by atoms with Gasteiger partial charge < -0.3 is 10.1 Å². The Hall–Kier alpha value is -2.41. The largest absolute Gasteiger partial charge is 0.450 e. The Morgan fingerprint density at radius 2 is 1.90 bits per heavy atom. The van der Waals surface area contributed by atoms with Crippen molar-refractivity contribution >= 4 is 27.5 Å². The van der Waals surface area contributed by atoms with E-state index in [0.717, 1.165) is 4.47 Å². The third kappa shape index (κ3) is 3.57. The van der Waals surface area contributed by atoms with E-state index in [4.69, 9.17) is 4.74 Å². The molecule has 0 aromatic heterocycles. The van der Waals surface area contributed by atoms with Crippen molar-refractivity contribution in [3.8, 4) is 11.5 Å². The monoisotopic (exact) mass is 350 g/mol. The molecule has 0 bridgehead atoms. The highest BCUT2D eigenvalue weighted by molar-refractivity contribution is 9.10. The average Bonchev–Trinajstić information content (AvgIpc) is 2.48. The van der Waals surface area contributed by atoms with Gasteiger partial charge in [-0.1, -0.05) is 15.9 Å². The Morgan fingerprint density at radius 1 is 1.24 bits per heavy atom. The Kier molecular flexibility index (Phi) is 4.54. The second-order valence-electron chi connectivity index (χ2n) is 4.07. The van der Waals surface area contributed by atoms with Crippen LogP contribution in [-0.2, 0) is 0 Å². The number of hydrogen-bond acceptors (Lipinski definition) is 4. The van der Waals surface area contributed by atoms with Crippen molar-refractivity contribution in [3.63, 3.8) is 0 Å². The number of amides is 1. The first-order valence-corrected chi connectivity index (χ1v) is 6.74. The van der Waals surface area contributed by atoms with E-state index in [9.17, 15) is 14.9 Å². The third-order valence-corrected chi connectivity index (χ3v) is 3.22. The third-order valence-electron chi connectivity index (χ3n) is 2.69. The first-order valence-electron chi connectivity index (χ1n) is 5.95. The number of nitro benzene ring substituents is 1. The lowest BCUT2D eigenvalue weighted by Crippen LogP contribution is -2.17. The van der Waals surface area contributed by atoms with Crippen LogP contribution in [-0.4, -0.2) is 17.9 Å². The minimum atomic E-state index is -0.554. The standard InChI is InChI=1S/C14H11BrN2O4/c1-16-14(18)9-2-7-12(17(19)20)13(8-9)21-11-5-3-10(15)4-6-11/h2-8H,1H3,(H,16,18). The number of nitro groups is 1. The van der Waals surface area contributed by atoms with Crippen molar-refractivity contribution in [1.29, 1.82) is 0 Å². The zero-order chi connectivity index (χ0) is 15.4. The van der Waals surface area contributed by atoms with E-state index in [0.29, 0.717) is 5.75 Å². The van der Waals surface area contributed by atoms with Gasteiger partial charge in [0.25, 0.3) is 5.91 Å². The lowest BCUT2D eigenvalue weighted by molar-refractivity contribution is -0.385. The molecule has 0 fully saturated rings. The summed E-state index contributed by atoms with van der Waals surface area (Å²) in [7, 11) is 1.49. The molecule has 0 saturated heterocycles. The lowest BCUT2D eigenvalue weighted by atomic mass is 10.1. The van der Waals surface area contributed by atoms with Gasteiger partial charge in [0.15, 0.2) is 0 Å². The molecule has 0 saturated carbocycles. The van der Waals surface area contributed by atoms with Gasteiger partial charge in [0.05, 0.1) is 4.92 Å². The molecular weight excluding hydrogens is 340 g/mol. The number of nitrogens with zero attached hydrogens (tertiary/aromatic N) is 1. The molecule has 1 amide bonds. The Balaban J connectivity index is 2.40. The molecule has 7 heteroatoms. The summed E-state index contributed by atoms with van der Waals surface area (Å²) in [5.74, 6) is 0.115. The predicted molar refractivity (Wildman–Crippen MR) is 80.7 cm³/mol. The maximum Gasteiger partial charge on any atom is 0.311 e. The molecule has 0 heterocycles. The van der Waals surface area contributed by atoms with Gasteiger partial charge >= 0.3 is 5.69 Å². The van der Waals surface area contributed by atoms with Crippen LogP contribution in [0.25, 0.3) is 0 Å². The smallest absolute Gasteiger partial charge is 0.311 e. The molecule has 21 heavy (non-hydrogen) atoms. The van der Waals surface area contributed by atoms with Gasteiger partial charge in [0.1, 0.15) is 5.75 Å². The SMILES string of the molecule is CNC(=O)c1ccc([N+](=O)[O-])c(Oc2ccc(Br)cc2)c1. The second-order valence-corrected chi connectivity index (χ2v) is 4.99. The number of hydrogen-bond donors (Lipinski definition) is 1. The van der Waals surface area contributed by atoms with Crippen molar-refractivity contribution in [2.75, 3.05) is 7.05 Å². The summed E-state index contributed by atoms with van der Waals surface area (Å²) in [4.78, 5) is 22.1. The molecule has 2 rings (SSSR count). The van der Waals surface area contributed by atoms with Crippen LogP contribution in [0.5, 0.6) is 11.5 Å². The van der Waals surface area contributed by atoms with Crippen LogP contribution in [0.4, 0.5) is 5.69 Å². The molecule has 2 aromatic carbocycles. The summed E-state index contributed by atoms with van der Waals surface area (Å²) in [6.07, 6.45) is 0. The molecule has 0 atom stereocenters. The van der Waals surface area contributed by atoms with E-state index in [1.165, 1.54) is 25.2 Å². The highest BCUT2D eigenvalue weighted by atomic mass is 79.9. The van der Waals surface area contributed by atoms with Crippen molar-refractivity contribution < 1.29 is 14.5 Å². The van der Waals surface area contributed by atoms with Crippen LogP contribution in [0.2, 0.25) is 0 Å². The number of benzene rings is 2. The van der Waals surface area contributed by atoms with Crippen molar-refractivity contribution in [3.05, 3.63) is 62.6 Å². The number of rotatable bonds is 4. The fourth-order valence-electron chi connectivity index (χ4n) is 1.66. The first-order chi connectivity index (χ1) is 10.0. The van der Waals surface area contributed by atoms with Crippen molar-refractivity contribution in [1.82, 2.24) is 5.32 Å². The summed E-state index contributed by atoms with van der Waals surface area (Å²) < 4.78 is 6.38. The Morgan fingerprint density at radius 3 is 2.48 bits per heavy atom. The van der Waals surface area contributed by atoms with Gasteiger partial charge in [-0.05, 0) is 30.3 Å². The molecule has 0 aliphatic heterocycles. The van der Waals surface area contributed by atoms with Crippen LogP contribution < -0.4 is 10.1 Å². The average molecular weight is 351 g/mol. The minimum absolute atomic E-state index is 0.0171. The van der Waals surface area contributed by atoms with E-state index in [-0.39, 0.29) is 22.9 Å². The molecule has 2 aromatic rings. The van der Waals surface area contributed by atoms with Crippen molar-refractivity contribution in [2.24, 2.45) is 0 Å². The maximum absolute atomic E-state index is 11.6. The topological polar surface area (TPSA) is 81.5 Å². The molecule has 108 valence electrons. The summed E-state index contributed by atoms with van der Waals surface area (Å²) in [5.41, 5.74) is 0.0841. The minimum Gasteiger partial charge on any atom is -0.450 e. The van der Waals surface area contributed by atoms with Gasteiger partial charge in [-0.25, -0.2) is 0 Å². The summed E-state index contributed by atoms with van der Waals surface area (Å²) in [6.45, 7) is 0. The highest BCUT2D eigenvalue weighted by Gasteiger charge is 2.18. The summed E-state index contributed by atoms with van der Waals surface area (Å²) in [5, 5.41) is 13.5. The number of carbonyl (C=O) groups is 1. The second kappa shape index (κ2) is 6.36. The van der Waals surface area contributed by atoms with Gasteiger partial charge in [0.2, 0.25) is 5.75 Å². The fraction of sp³-hybridized carbons (Fsp3) is 0.0714. The molecule has 0 aliphatic carbocycles. The van der Waals surface area contributed by atoms with Gasteiger partial charge in [0, 0.05) is 29.2 Å². The van der Waals surface area contributed by atoms with Crippen LogP contribution >= 0.6 is 15.9 Å². The lowest BCUT2D eigenvalue weighted by Gasteiger charge is -2.08. The van der Waals surface area contributed by atoms with Crippen LogP contribution in [0.15, 0.2) is 46.9 Å². The fourth-order valence-corrected chi connectivity index (χ4v) is 1.93. The molecular formula is C14H11BrN2O4. The quantitative estimate of drug-likeness (QED) is 0.675. The molecule has 0 radical (unpaired) electrons. The van der Waals surface area contributed by atoms with Crippen LogP contribution in [0.1, 0.15) is 10.4 Å². The Bertz CT molecular complexity index is 686. The normalized spacial score (nSPS) is 10.0. The van der Waals surface area contributed by atoms with E-state index in [1.807, 2.05) is 0 Å². The number of nitrogens with one attached hydrogen (secondary N) is 1. The predicted octanol–water partition coefficient (Wildman–Crippen LogP) is 3.51. The summed E-state index contributed by atoms with van der Waals surface area (Å²) in [6, 6.07) is 10.8. The first kappa shape index (κ1) is 15.0. The molecule has 0 aliphatic rings. The Labute approximate surface area is 129 Å². The van der Waals surface area contributed by atoms with E-state index in [1.54, 1.807) is 24.3 Å². The van der Waals surface area contributed by atoms with E-state index < -0.39 is 4.92 Å². The van der Waals surface area contributed by atoms with Crippen LogP contribution in [0, 0.1) is 10.1 Å². The number of carbonyl (C=O) groups excluding carboxylic acids is 1. The molecule has 6 nitrogen and oxygen atoms in total. The number of halogens is 1.